The molecule has 1 atom stereocenters. The molecule has 1 aliphatic heterocycles. The SMILES string of the molecule is COCCCN1C(=O)NC(c2ccc(C)c(C)c2)C(c2nc(-c3ccc(F)cc3)no2)=C1C. The molecule has 2 amide bonds. The second-order valence-electron chi connectivity index (χ2n) is 8.15. The van der Waals surface area contributed by atoms with E-state index in [0.29, 0.717) is 36.9 Å². The number of nitrogens with zero attached hydrogens (tertiary/aromatic N) is 3. The average Bonchev–Trinajstić information content (AvgIpc) is 3.27. The minimum absolute atomic E-state index is 0.186. The van der Waals surface area contributed by atoms with Crippen LogP contribution in [0.1, 0.15) is 42.0 Å². The van der Waals surface area contributed by atoms with E-state index in [0.717, 1.165) is 22.4 Å². The molecular weight excluding hydrogens is 423 g/mol. The number of hydrogen-bond donors (Lipinski definition) is 1. The molecule has 1 aliphatic rings. The van der Waals surface area contributed by atoms with Crippen LogP contribution < -0.4 is 5.32 Å². The van der Waals surface area contributed by atoms with Gasteiger partial charge in [-0.05, 0) is 68.1 Å². The predicted octanol–water partition coefficient (Wildman–Crippen LogP) is 5.03. The van der Waals surface area contributed by atoms with Gasteiger partial charge in [0.1, 0.15) is 5.82 Å². The standard InChI is InChI=1S/C25H27FN4O3/c1-15-6-7-19(14-16(15)2)22-21(17(3)30(25(31)27-22)12-5-13-32-4)24-28-23(29-33-24)18-8-10-20(26)11-9-18/h6-11,14,22H,5,12-13H2,1-4H3,(H,27,31). The Bertz CT molecular complexity index is 1190. The van der Waals surface area contributed by atoms with Crippen molar-refractivity contribution in [1.82, 2.24) is 20.4 Å². The van der Waals surface area contributed by atoms with Crippen molar-refractivity contribution in [2.75, 3.05) is 20.3 Å². The molecule has 0 radical (unpaired) electrons. The van der Waals surface area contributed by atoms with E-state index in [1.807, 2.05) is 32.9 Å². The summed E-state index contributed by atoms with van der Waals surface area (Å²) in [5, 5.41) is 7.21. The quantitative estimate of drug-likeness (QED) is 0.511. The van der Waals surface area contributed by atoms with Gasteiger partial charge in [0.05, 0.1) is 11.6 Å². The van der Waals surface area contributed by atoms with Crippen LogP contribution in [0.15, 0.2) is 52.7 Å². The summed E-state index contributed by atoms with van der Waals surface area (Å²) >= 11 is 0. The largest absolute Gasteiger partial charge is 0.385 e. The zero-order valence-corrected chi connectivity index (χ0v) is 19.2. The fraction of sp³-hybridized carbons (Fsp3) is 0.320. The average molecular weight is 451 g/mol. The number of ether oxygens (including phenoxy) is 1. The van der Waals surface area contributed by atoms with Crippen LogP contribution in [0.5, 0.6) is 0 Å². The van der Waals surface area contributed by atoms with Crippen molar-refractivity contribution < 1.29 is 18.4 Å². The number of rotatable bonds is 7. The van der Waals surface area contributed by atoms with Gasteiger partial charge in [0.25, 0.3) is 5.89 Å². The highest BCUT2D eigenvalue weighted by molar-refractivity contribution is 5.86. The van der Waals surface area contributed by atoms with E-state index in [4.69, 9.17) is 9.26 Å². The molecule has 2 heterocycles. The molecule has 0 spiro atoms. The highest BCUT2D eigenvalue weighted by atomic mass is 19.1. The molecule has 0 aliphatic carbocycles. The number of allylic oxidation sites excluding steroid dienone is 1. The molecule has 0 fully saturated rings. The number of carbonyl (C=O) groups is 1. The Kier molecular flexibility index (Phi) is 6.55. The van der Waals surface area contributed by atoms with Gasteiger partial charge in [-0.25, -0.2) is 9.18 Å². The molecule has 1 unspecified atom stereocenters. The number of benzene rings is 2. The summed E-state index contributed by atoms with van der Waals surface area (Å²) in [6.07, 6.45) is 0.688. The minimum atomic E-state index is -0.447. The molecule has 2 aromatic carbocycles. The monoisotopic (exact) mass is 450 g/mol. The van der Waals surface area contributed by atoms with Gasteiger partial charge >= 0.3 is 6.03 Å². The first kappa shape index (κ1) is 22.7. The maximum Gasteiger partial charge on any atom is 0.322 e. The Labute approximate surface area is 192 Å². The van der Waals surface area contributed by atoms with Gasteiger partial charge in [-0.1, -0.05) is 23.4 Å². The minimum Gasteiger partial charge on any atom is -0.385 e. The van der Waals surface area contributed by atoms with Crippen LogP contribution in [-0.4, -0.2) is 41.3 Å². The third kappa shape index (κ3) is 4.66. The van der Waals surface area contributed by atoms with Crippen LogP contribution in [0.4, 0.5) is 9.18 Å². The molecule has 33 heavy (non-hydrogen) atoms. The number of amides is 2. The molecule has 1 aromatic heterocycles. The lowest BCUT2D eigenvalue weighted by molar-refractivity contribution is 0.174. The van der Waals surface area contributed by atoms with Crippen LogP contribution >= 0.6 is 0 Å². The molecule has 3 aromatic rings. The van der Waals surface area contributed by atoms with Crippen LogP contribution in [-0.2, 0) is 4.74 Å². The number of methoxy groups -OCH3 is 1. The van der Waals surface area contributed by atoms with Crippen molar-refractivity contribution in [1.29, 1.82) is 0 Å². The molecule has 0 saturated carbocycles. The summed E-state index contributed by atoms with van der Waals surface area (Å²) in [5.74, 6) is 0.330. The first-order valence-electron chi connectivity index (χ1n) is 10.8. The number of nitrogens with one attached hydrogen (secondary N) is 1. The third-order valence-electron chi connectivity index (χ3n) is 5.95. The molecule has 0 saturated heterocycles. The van der Waals surface area contributed by atoms with Crippen LogP contribution in [0.3, 0.4) is 0 Å². The van der Waals surface area contributed by atoms with E-state index in [1.54, 1.807) is 24.1 Å². The topological polar surface area (TPSA) is 80.5 Å². The zero-order valence-electron chi connectivity index (χ0n) is 19.2. The van der Waals surface area contributed by atoms with Crippen LogP contribution in [0, 0.1) is 19.7 Å². The Morgan fingerprint density at radius 2 is 1.88 bits per heavy atom. The second-order valence-corrected chi connectivity index (χ2v) is 8.15. The second kappa shape index (κ2) is 9.54. The Morgan fingerprint density at radius 1 is 1.12 bits per heavy atom. The highest BCUT2D eigenvalue weighted by Crippen LogP contribution is 2.37. The first-order valence-corrected chi connectivity index (χ1v) is 10.8. The number of urea groups is 1. The van der Waals surface area contributed by atoms with E-state index in [9.17, 15) is 9.18 Å². The maximum atomic E-state index is 13.3. The number of aromatic nitrogens is 2. The fourth-order valence-corrected chi connectivity index (χ4v) is 3.94. The van der Waals surface area contributed by atoms with E-state index >= 15 is 0 Å². The molecule has 4 rings (SSSR count). The number of carbonyl (C=O) groups excluding carboxylic acids is 1. The smallest absolute Gasteiger partial charge is 0.322 e. The van der Waals surface area contributed by atoms with Gasteiger partial charge in [-0.2, -0.15) is 4.98 Å². The molecule has 7 nitrogen and oxygen atoms in total. The van der Waals surface area contributed by atoms with Gasteiger partial charge in [0, 0.05) is 31.5 Å². The normalized spacial score (nSPS) is 16.3. The number of hydrogen-bond acceptors (Lipinski definition) is 5. The van der Waals surface area contributed by atoms with Crippen molar-refractivity contribution in [3.63, 3.8) is 0 Å². The van der Waals surface area contributed by atoms with Gasteiger partial charge in [-0.3, -0.25) is 4.90 Å². The van der Waals surface area contributed by atoms with Gasteiger partial charge < -0.3 is 14.6 Å². The van der Waals surface area contributed by atoms with Gasteiger partial charge in [-0.15, -0.1) is 0 Å². The summed E-state index contributed by atoms with van der Waals surface area (Å²) < 4.78 is 24.1. The van der Waals surface area contributed by atoms with Crippen molar-refractivity contribution in [2.45, 2.75) is 33.2 Å². The van der Waals surface area contributed by atoms with E-state index in [2.05, 4.69) is 21.5 Å². The van der Waals surface area contributed by atoms with Crippen LogP contribution in [0.25, 0.3) is 17.0 Å². The lowest BCUT2D eigenvalue weighted by Crippen LogP contribution is -2.46. The Morgan fingerprint density at radius 3 is 2.58 bits per heavy atom. The van der Waals surface area contributed by atoms with E-state index in [1.165, 1.54) is 17.7 Å². The van der Waals surface area contributed by atoms with Crippen molar-refractivity contribution >= 4 is 11.6 Å². The van der Waals surface area contributed by atoms with Crippen molar-refractivity contribution in [2.24, 2.45) is 0 Å². The fourth-order valence-electron chi connectivity index (χ4n) is 3.94. The van der Waals surface area contributed by atoms with Gasteiger partial charge in [0.15, 0.2) is 0 Å². The highest BCUT2D eigenvalue weighted by Gasteiger charge is 2.35. The molecule has 1 N–H and O–H groups in total. The summed E-state index contributed by atoms with van der Waals surface area (Å²) in [7, 11) is 1.63. The summed E-state index contributed by atoms with van der Waals surface area (Å²) in [6, 6.07) is 11.4. The summed E-state index contributed by atoms with van der Waals surface area (Å²) in [6.45, 7) is 7.01. The number of halogens is 1. The van der Waals surface area contributed by atoms with E-state index in [-0.39, 0.29) is 11.8 Å². The lowest BCUT2D eigenvalue weighted by Gasteiger charge is -2.35. The predicted molar refractivity (Wildman–Crippen MR) is 123 cm³/mol. The van der Waals surface area contributed by atoms with Crippen LogP contribution in [0.2, 0.25) is 0 Å². The Hall–Kier alpha value is -3.52. The molecular formula is C25H27FN4O3. The molecule has 8 heteroatoms. The van der Waals surface area contributed by atoms with Gasteiger partial charge in [0.2, 0.25) is 5.82 Å². The van der Waals surface area contributed by atoms with Crippen molar-refractivity contribution in [3.8, 4) is 11.4 Å². The summed E-state index contributed by atoms with van der Waals surface area (Å²) in [5.41, 5.74) is 5.34. The first-order chi connectivity index (χ1) is 15.9. The lowest BCUT2D eigenvalue weighted by atomic mass is 9.92. The molecule has 0 bridgehead atoms. The molecule has 172 valence electrons. The summed E-state index contributed by atoms with van der Waals surface area (Å²) in [4.78, 5) is 19.3. The zero-order chi connectivity index (χ0) is 23.5. The third-order valence-corrected chi connectivity index (χ3v) is 5.95. The number of aryl methyl sites for hydroxylation is 2. The Balaban J connectivity index is 1.78. The maximum absolute atomic E-state index is 13.3. The van der Waals surface area contributed by atoms with Crippen molar-refractivity contribution in [3.05, 3.63) is 76.6 Å². The van der Waals surface area contributed by atoms with E-state index < -0.39 is 6.04 Å².